The number of ether oxygens (including phenoxy) is 1. The summed E-state index contributed by atoms with van der Waals surface area (Å²) in [4.78, 5) is 30.1. The van der Waals surface area contributed by atoms with Crippen LogP contribution < -0.4 is 5.32 Å². The molecule has 1 aliphatic carbocycles. The third kappa shape index (κ3) is 4.49. The molecule has 2 atom stereocenters. The Morgan fingerprint density at radius 1 is 1.21 bits per heavy atom. The van der Waals surface area contributed by atoms with E-state index in [4.69, 9.17) is 4.74 Å². The molecule has 182 valence electrons. The molecule has 1 aromatic carbocycles. The number of alkyl halides is 3. The van der Waals surface area contributed by atoms with Crippen molar-refractivity contribution in [3.63, 3.8) is 0 Å². The van der Waals surface area contributed by atoms with Gasteiger partial charge in [-0.25, -0.2) is 4.79 Å². The molecule has 6 nitrogen and oxygen atoms in total. The minimum absolute atomic E-state index is 0.00574. The van der Waals surface area contributed by atoms with Crippen molar-refractivity contribution >= 4 is 17.6 Å². The number of urea groups is 1. The van der Waals surface area contributed by atoms with Gasteiger partial charge in [-0.1, -0.05) is 13.8 Å². The molecule has 0 bridgehead atoms. The topological polar surface area (TPSA) is 61.9 Å². The summed E-state index contributed by atoms with van der Waals surface area (Å²) in [5.74, 6) is -0.297. The molecular formula is C24H32F3N3O3. The van der Waals surface area contributed by atoms with Gasteiger partial charge in [-0.15, -0.1) is 0 Å². The van der Waals surface area contributed by atoms with Crippen LogP contribution in [0.3, 0.4) is 0 Å². The lowest BCUT2D eigenvalue weighted by Gasteiger charge is -2.40. The summed E-state index contributed by atoms with van der Waals surface area (Å²) in [5, 5.41) is 2.61. The Labute approximate surface area is 192 Å². The largest absolute Gasteiger partial charge is 0.416 e. The van der Waals surface area contributed by atoms with Crippen LogP contribution in [0.4, 0.5) is 23.7 Å². The van der Waals surface area contributed by atoms with Gasteiger partial charge in [0.15, 0.2) is 0 Å². The molecule has 0 aromatic heterocycles. The molecule has 1 aromatic rings. The van der Waals surface area contributed by atoms with Crippen LogP contribution in [0.15, 0.2) is 18.2 Å². The first kappa shape index (κ1) is 24.0. The van der Waals surface area contributed by atoms with Gasteiger partial charge < -0.3 is 15.0 Å². The molecule has 1 saturated heterocycles. The number of hydrogen-bond acceptors (Lipinski definition) is 4. The number of imide groups is 1. The van der Waals surface area contributed by atoms with Crippen molar-refractivity contribution in [3.8, 4) is 0 Å². The molecule has 1 saturated carbocycles. The molecule has 2 heterocycles. The average Bonchev–Trinajstić information content (AvgIpc) is 3.24. The number of rotatable bonds is 4. The van der Waals surface area contributed by atoms with Crippen molar-refractivity contribution in [2.75, 3.05) is 25.6 Å². The number of hydrogen-bond donors (Lipinski definition) is 1. The first-order valence-corrected chi connectivity index (χ1v) is 11.7. The summed E-state index contributed by atoms with van der Waals surface area (Å²) in [6.07, 6.45) is -0.428. The van der Waals surface area contributed by atoms with Crippen molar-refractivity contribution in [2.24, 2.45) is 11.3 Å². The molecule has 9 heteroatoms. The zero-order chi connectivity index (χ0) is 24.0. The third-order valence-corrected chi connectivity index (χ3v) is 7.89. The van der Waals surface area contributed by atoms with Gasteiger partial charge in [-0.3, -0.25) is 9.69 Å². The van der Waals surface area contributed by atoms with Gasteiger partial charge >= 0.3 is 12.2 Å². The third-order valence-electron chi connectivity index (χ3n) is 7.89. The monoisotopic (exact) mass is 467 g/mol. The first-order chi connectivity index (χ1) is 15.5. The maximum absolute atomic E-state index is 13.8. The van der Waals surface area contributed by atoms with Crippen LogP contribution in [0, 0.1) is 11.3 Å². The fourth-order valence-corrected chi connectivity index (χ4v) is 5.63. The van der Waals surface area contributed by atoms with Crippen LogP contribution in [0.25, 0.3) is 0 Å². The van der Waals surface area contributed by atoms with Crippen molar-refractivity contribution in [2.45, 2.75) is 70.8 Å². The van der Waals surface area contributed by atoms with Crippen LogP contribution in [0.1, 0.15) is 57.1 Å². The summed E-state index contributed by atoms with van der Waals surface area (Å²) >= 11 is 0. The number of halogens is 3. The van der Waals surface area contributed by atoms with Crippen molar-refractivity contribution in [1.29, 1.82) is 0 Å². The van der Waals surface area contributed by atoms with E-state index in [1.54, 1.807) is 0 Å². The second-order valence-corrected chi connectivity index (χ2v) is 9.91. The van der Waals surface area contributed by atoms with Crippen LogP contribution in [0.5, 0.6) is 0 Å². The highest BCUT2D eigenvalue weighted by Gasteiger charge is 2.52. The van der Waals surface area contributed by atoms with E-state index in [0.717, 1.165) is 49.5 Å². The predicted octanol–water partition coefficient (Wildman–Crippen LogP) is 4.89. The van der Waals surface area contributed by atoms with Crippen LogP contribution in [0.2, 0.25) is 0 Å². The smallest absolute Gasteiger partial charge is 0.381 e. The Kier molecular flexibility index (Phi) is 6.48. The highest BCUT2D eigenvalue weighted by atomic mass is 19.4. The fourth-order valence-electron chi connectivity index (χ4n) is 5.63. The quantitative estimate of drug-likeness (QED) is 0.685. The summed E-state index contributed by atoms with van der Waals surface area (Å²) < 4.78 is 45.1. The second-order valence-electron chi connectivity index (χ2n) is 9.91. The van der Waals surface area contributed by atoms with E-state index < -0.39 is 23.2 Å². The highest BCUT2D eigenvalue weighted by Crippen LogP contribution is 2.48. The van der Waals surface area contributed by atoms with Crippen molar-refractivity contribution in [1.82, 2.24) is 9.80 Å². The number of carbonyl (C=O) groups is 2. The maximum Gasteiger partial charge on any atom is 0.416 e. The molecule has 2 fully saturated rings. The normalized spacial score (nSPS) is 26.6. The Morgan fingerprint density at radius 2 is 1.91 bits per heavy atom. The number of anilines is 1. The summed E-state index contributed by atoms with van der Waals surface area (Å²) in [6.45, 7) is 5.31. The van der Waals surface area contributed by atoms with Gasteiger partial charge in [0, 0.05) is 31.0 Å². The van der Waals surface area contributed by atoms with Gasteiger partial charge in [0.1, 0.15) is 0 Å². The van der Waals surface area contributed by atoms with Crippen LogP contribution in [-0.2, 0) is 22.3 Å². The van der Waals surface area contributed by atoms with E-state index in [9.17, 15) is 22.8 Å². The predicted molar refractivity (Wildman–Crippen MR) is 118 cm³/mol. The molecule has 33 heavy (non-hydrogen) atoms. The van der Waals surface area contributed by atoms with Gasteiger partial charge in [0.2, 0.25) is 5.91 Å². The van der Waals surface area contributed by atoms with Crippen molar-refractivity contribution < 1.29 is 27.5 Å². The minimum atomic E-state index is -4.49. The standard InChI is InChI=1S/C24H32F3N3O3/c1-15(2)23(9-6-19(13-23)29(3)18-7-10-33-11-8-18)21(31)30-14-16-12-17(24(25,26)27)4-5-20(16)28-22(30)32/h4-5,12,15,18-19H,6-11,13-14H2,1-3H3,(H,28,32)/t19-,23+/m1/s1. The Balaban J connectivity index is 1.55. The van der Waals surface area contributed by atoms with Gasteiger partial charge in [-0.05, 0) is 68.8 Å². The minimum Gasteiger partial charge on any atom is -0.381 e. The Bertz CT molecular complexity index is 914. The lowest BCUT2D eigenvalue weighted by Crippen LogP contribution is -2.52. The van der Waals surface area contributed by atoms with Gasteiger partial charge in [0.25, 0.3) is 0 Å². The first-order valence-electron chi connectivity index (χ1n) is 11.7. The second kappa shape index (κ2) is 8.91. The molecular weight excluding hydrogens is 435 g/mol. The number of nitrogens with zero attached hydrogens (tertiary/aromatic N) is 2. The van der Waals surface area contributed by atoms with Gasteiger partial charge in [0.05, 0.1) is 17.5 Å². The molecule has 3 aliphatic rings. The molecule has 0 unspecified atom stereocenters. The Morgan fingerprint density at radius 3 is 2.55 bits per heavy atom. The summed E-state index contributed by atoms with van der Waals surface area (Å²) in [5.41, 5.74) is -0.896. The van der Waals surface area contributed by atoms with E-state index in [1.165, 1.54) is 6.07 Å². The van der Waals surface area contributed by atoms with E-state index in [1.807, 2.05) is 13.8 Å². The lowest BCUT2D eigenvalue weighted by atomic mass is 9.74. The molecule has 1 N–H and O–H groups in total. The number of nitrogens with one attached hydrogen (secondary N) is 1. The van der Waals surface area contributed by atoms with E-state index >= 15 is 0 Å². The van der Waals surface area contributed by atoms with E-state index in [0.29, 0.717) is 30.1 Å². The molecule has 3 amide bonds. The average molecular weight is 468 g/mol. The molecule has 0 radical (unpaired) electrons. The number of carbonyl (C=O) groups excluding carboxylic acids is 2. The highest BCUT2D eigenvalue weighted by molar-refractivity contribution is 6.05. The van der Waals surface area contributed by atoms with Crippen molar-refractivity contribution in [3.05, 3.63) is 29.3 Å². The summed E-state index contributed by atoms with van der Waals surface area (Å²) in [6, 6.07) is 3.27. The number of amides is 3. The SMILES string of the molecule is CC(C)[C@]1(C(=O)N2Cc3cc(C(F)(F)F)ccc3NC2=O)CC[C@@H](N(C)C2CCOCC2)C1. The zero-order valence-electron chi connectivity index (χ0n) is 19.4. The van der Waals surface area contributed by atoms with E-state index in [2.05, 4.69) is 17.3 Å². The number of fused-ring (bicyclic) bond motifs is 1. The lowest BCUT2D eigenvalue weighted by molar-refractivity contribution is -0.142. The summed E-state index contributed by atoms with van der Waals surface area (Å²) in [7, 11) is 2.10. The van der Waals surface area contributed by atoms with E-state index in [-0.39, 0.29) is 24.4 Å². The maximum atomic E-state index is 13.8. The number of benzene rings is 1. The molecule has 2 aliphatic heterocycles. The Hall–Kier alpha value is -2.13. The zero-order valence-corrected chi connectivity index (χ0v) is 19.4. The molecule has 0 spiro atoms. The van der Waals surface area contributed by atoms with Gasteiger partial charge in [-0.2, -0.15) is 13.2 Å². The molecule has 4 rings (SSSR count). The van der Waals surface area contributed by atoms with Crippen LogP contribution in [-0.4, -0.2) is 54.1 Å². The van der Waals surface area contributed by atoms with Crippen LogP contribution >= 0.6 is 0 Å². The fraction of sp³-hybridized carbons (Fsp3) is 0.667.